The highest BCUT2D eigenvalue weighted by Crippen LogP contribution is 2.45. The fourth-order valence-corrected chi connectivity index (χ4v) is 2.95. The Morgan fingerprint density at radius 2 is 2.00 bits per heavy atom. The van der Waals surface area contributed by atoms with Crippen molar-refractivity contribution in [3.05, 3.63) is 35.4 Å². The molecule has 14 heavy (non-hydrogen) atoms. The smallest absolute Gasteiger partial charge is 0.00805 e. The molecule has 1 N–H and O–H groups in total. The molecule has 1 aliphatic heterocycles. The Bertz CT molecular complexity index is 339. The molecule has 0 radical (unpaired) electrons. The van der Waals surface area contributed by atoms with Crippen LogP contribution in [0, 0.1) is 0 Å². The van der Waals surface area contributed by atoms with Crippen LogP contribution >= 0.6 is 0 Å². The van der Waals surface area contributed by atoms with Gasteiger partial charge in [-0.05, 0) is 36.9 Å². The molecular weight excluding hydrogens is 170 g/mol. The van der Waals surface area contributed by atoms with Crippen LogP contribution in [0.4, 0.5) is 0 Å². The van der Waals surface area contributed by atoms with Crippen LogP contribution in [0.25, 0.3) is 0 Å². The normalized spacial score (nSPS) is 23.7. The van der Waals surface area contributed by atoms with Crippen molar-refractivity contribution in [3.8, 4) is 0 Å². The van der Waals surface area contributed by atoms with Crippen molar-refractivity contribution in [3.63, 3.8) is 0 Å². The minimum absolute atomic E-state index is 0.507. The maximum atomic E-state index is 3.59. The van der Waals surface area contributed by atoms with Gasteiger partial charge in [0.25, 0.3) is 0 Å². The average Bonchev–Trinajstić information content (AvgIpc) is 2.35. The topological polar surface area (TPSA) is 12.0 Å². The van der Waals surface area contributed by atoms with E-state index in [1.165, 1.54) is 32.2 Å². The predicted molar refractivity (Wildman–Crippen MR) is 58.5 cm³/mol. The Hall–Kier alpha value is -0.820. The van der Waals surface area contributed by atoms with Gasteiger partial charge in [0.15, 0.2) is 0 Å². The monoisotopic (exact) mass is 187 g/mol. The van der Waals surface area contributed by atoms with Crippen LogP contribution in [0.3, 0.4) is 0 Å². The van der Waals surface area contributed by atoms with Crippen LogP contribution in [0.15, 0.2) is 24.3 Å². The fraction of sp³-hybridized carbons (Fsp3) is 0.538. The van der Waals surface area contributed by atoms with E-state index in [-0.39, 0.29) is 0 Å². The van der Waals surface area contributed by atoms with Gasteiger partial charge < -0.3 is 5.32 Å². The molecule has 1 fully saturated rings. The maximum absolute atomic E-state index is 3.59. The van der Waals surface area contributed by atoms with Crippen molar-refractivity contribution in [2.45, 2.75) is 31.1 Å². The number of hydrogen-bond acceptors (Lipinski definition) is 1. The van der Waals surface area contributed by atoms with Gasteiger partial charge in [0.1, 0.15) is 0 Å². The lowest BCUT2D eigenvalue weighted by molar-refractivity contribution is 0.239. The highest BCUT2D eigenvalue weighted by Gasteiger charge is 2.40. The van der Waals surface area contributed by atoms with Gasteiger partial charge in [-0.1, -0.05) is 30.7 Å². The van der Waals surface area contributed by atoms with Crippen LogP contribution < -0.4 is 5.32 Å². The summed E-state index contributed by atoms with van der Waals surface area (Å²) in [6.07, 6.45) is 5.39. The number of hydrogen-bond donors (Lipinski definition) is 1. The summed E-state index contributed by atoms with van der Waals surface area (Å²) < 4.78 is 0. The van der Waals surface area contributed by atoms with Gasteiger partial charge in [0.2, 0.25) is 0 Å². The van der Waals surface area contributed by atoms with E-state index in [9.17, 15) is 0 Å². The van der Waals surface area contributed by atoms with Gasteiger partial charge in [-0.25, -0.2) is 0 Å². The molecule has 3 rings (SSSR count). The largest absolute Gasteiger partial charge is 0.316 e. The molecule has 0 saturated heterocycles. The maximum Gasteiger partial charge on any atom is 0.00805 e. The fourth-order valence-electron chi connectivity index (χ4n) is 2.95. The number of nitrogens with one attached hydrogen (secondary N) is 1. The summed E-state index contributed by atoms with van der Waals surface area (Å²) in [6.45, 7) is 2.35. The quantitative estimate of drug-likeness (QED) is 0.657. The third-order valence-corrected chi connectivity index (χ3v) is 3.93. The Labute approximate surface area is 85.5 Å². The molecule has 1 aromatic rings. The summed E-state index contributed by atoms with van der Waals surface area (Å²) in [5, 5.41) is 3.59. The second-order valence-corrected chi connectivity index (χ2v) is 4.72. The molecular formula is C13H17N. The minimum Gasteiger partial charge on any atom is -0.316 e. The van der Waals surface area contributed by atoms with E-state index in [1.807, 2.05) is 0 Å². The molecule has 1 spiro atoms. The summed E-state index contributed by atoms with van der Waals surface area (Å²) in [6, 6.07) is 9.03. The zero-order valence-corrected chi connectivity index (χ0v) is 8.55. The Morgan fingerprint density at radius 3 is 2.79 bits per heavy atom. The summed E-state index contributed by atoms with van der Waals surface area (Å²) in [5.41, 5.74) is 3.72. The van der Waals surface area contributed by atoms with Gasteiger partial charge in [0, 0.05) is 12.0 Å². The van der Waals surface area contributed by atoms with Crippen molar-refractivity contribution < 1.29 is 0 Å². The van der Waals surface area contributed by atoms with Gasteiger partial charge >= 0.3 is 0 Å². The molecule has 0 atom stereocenters. The van der Waals surface area contributed by atoms with Gasteiger partial charge in [0.05, 0.1) is 0 Å². The van der Waals surface area contributed by atoms with E-state index < -0.39 is 0 Å². The first kappa shape index (κ1) is 8.49. The van der Waals surface area contributed by atoms with E-state index in [0.717, 1.165) is 6.54 Å². The van der Waals surface area contributed by atoms with Crippen LogP contribution in [0.2, 0.25) is 0 Å². The second kappa shape index (κ2) is 3.09. The zero-order chi connectivity index (χ0) is 9.43. The zero-order valence-electron chi connectivity index (χ0n) is 8.55. The average molecular weight is 187 g/mol. The van der Waals surface area contributed by atoms with Crippen molar-refractivity contribution in [2.75, 3.05) is 13.1 Å². The van der Waals surface area contributed by atoms with Crippen molar-refractivity contribution in [2.24, 2.45) is 0 Å². The number of rotatable bonds is 0. The Kier molecular flexibility index (Phi) is 1.88. The third kappa shape index (κ3) is 1.12. The highest BCUT2D eigenvalue weighted by atomic mass is 14.9. The van der Waals surface area contributed by atoms with E-state index in [2.05, 4.69) is 29.6 Å². The predicted octanol–water partition coefficient (Wildman–Crippen LogP) is 2.25. The van der Waals surface area contributed by atoms with E-state index in [4.69, 9.17) is 0 Å². The van der Waals surface area contributed by atoms with Crippen molar-refractivity contribution in [1.29, 1.82) is 0 Å². The molecule has 74 valence electrons. The molecule has 0 aromatic heterocycles. The van der Waals surface area contributed by atoms with Crippen LogP contribution in [0.1, 0.15) is 30.4 Å². The van der Waals surface area contributed by atoms with E-state index in [0.29, 0.717) is 5.41 Å². The van der Waals surface area contributed by atoms with Crippen LogP contribution in [-0.4, -0.2) is 13.1 Å². The molecule has 1 nitrogen and oxygen atoms in total. The SMILES string of the molecule is c1ccc2c(c1)CCNCC21CCC1. The minimum atomic E-state index is 0.507. The first-order chi connectivity index (χ1) is 6.91. The summed E-state index contributed by atoms with van der Waals surface area (Å²) in [4.78, 5) is 0. The summed E-state index contributed by atoms with van der Waals surface area (Å²) in [5.74, 6) is 0. The van der Waals surface area contributed by atoms with Gasteiger partial charge in [-0.2, -0.15) is 0 Å². The van der Waals surface area contributed by atoms with Crippen molar-refractivity contribution >= 4 is 0 Å². The lowest BCUT2D eigenvalue weighted by atomic mass is 9.63. The molecule has 1 heterocycles. The third-order valence-electron chi connectivity index (χ3n) is 3.93. The van der Waals surface area contributed by atoms with E-state index in [1.54, 1.807) is 11.1 Å². The molecule has 0 unspecified atom stereocenters. The Morgan fingerprint density at radius 1 is 1.14 bits per heavy atom. The van der Waals surface area contributed by atoms with Gasteiger partial charge in [-0.15, -0.1) is 0 Å². The standard InChI is InChI=1S/C13H17N/c1-2-5-12-11(4-1)6-9-14-10-13(12)7-3-8-13/h1-2,4-5,14H,3,6-10H2. The van der Waals surface area contributed by atoms with Crippen LogP contribution in [0.5, 0.6) is 0 Å². The highest BCUT2D eigenvalue weighted by molar-refractivity contribution is 5.37. The van der Waals surface area contributed by atoms with E-state index >= 15 is 0 Å². The molecule has 0 bridgehead atoms. The number of benzene rings is 1. The van der Waals surface area contributed by atoms with Crippen molar-refractivity contribution in [1.82, 2.24) is 5.32 Å². The first-order valence-electron chi connectivity index (χ1n) is 5.70. The molecule has 1 aromatic carbocycles. The molecule has 1 saturated carbocycles. The lowest BCUT2D eigenvalue weighted by Crippen LogP contribution is -2.42. The molecule has 0 amide bonds. The lowest BCUT2D eigenvalue weighted by Gasteiger charge is -2.42. The summed E-state index contributed by atoms with van der Waals surface area (Å²) >= 11 is 0. The van der Waals surface area contributed by atoms with Crippen LogP contribution in [-0.2, 0) is 11.8 Å². The summed E-state index contributed by atoms with van der Waals surface area (Å²) in [7, 11) is 0. The Balaban J connectivity index is 2.08. The van der Waals surface area contributed by atoms with Gasteiger partial charge in [-0.3, -0.25) is 0 Å². The first-order valence-corrected chi connectivity index (χ1v) is 5.70. The molecule has 1 heteroatoms. The number of fused-ring (bicyclic) bond motifs is 2. The molecule has 2 aliphatic rings. The molecule has 1 aliphatic carbocycles. The second-order valence-electron chi connectivity index (χ2n) is 4.72.